The number of hydrogen-bond donors (Lipinski definition) is 2. The summed E-state index contributed by atoms with van der Waals surface area (Å²) in [4.78, 5) is 18.1. The van der Waals surface area contributed by atoms with Crippen LogP contribution in [0.5, 0.6) is 5.75 Å². The third-order valence-corrected chi connectivity index (χ3v) is 5.68. The lowest BCUT2D eigenvalue weighted by molar-refractivity contribution is -0.885. The van der Waals surface area contributed by atoms with Crippen molar-refractivity contribution >= 4 is 33.1 Å². The highest BCUT2D eigenvalue weighted by molar-refractivity contribution is 7.18. The Bertz CT molecular complexity index is 1080. The highest BCUT2D eigenvalue weighted by atomic mass is 32.1. The maximum Gasteiger partial charge on any atom is 0.279 e. The summed E-state index contributed by atoms with van der Waals surface area (Å²) in [7, 11) is 2.01. The van der Waals surface area contributed by atoms with E-state index in [4.69, 9.17) is 4.74 Å². The van der Waals surface area contributed by atoms with Crippen LogP contribution in [0.3, 0.4) is 0 Å². The maximum absolute atomic E-state index is 12.4. The molecule has 0 aliphatic carbocycles. The molecule has 4 rings (SSSR count). The van der Waals surface area contributed by atoms with Crippen molar-refractivity contribution in [2.75, 3.05) is 18.9 Å². The summed E-state index contributed by atoms with van der Waals surface area (Å²) in [6.45, 7) is 1.62. The molecule has 30 heavy (non-hydrogen) atoms. The van der Waals surface area contributed by atoms with Gasteiger partial charge in [-0.3, -0.25) is 4.79 Å². The number of thiazole rings is 1. The van der Waals surface area contributed by atoms with Crippen molar-refractivity contribution < 1.29 is 14.4 Å². The number of likely N-dealkylation sites (N-methyl/N-ethyl adjacent to an activating group) is 1. The molecule has 1 unspecified atom stereocenters. The normalized spacial score (nSPS) is 11.9. The SMILES string of the molecule is C[NH+](CC(=O)Nc1ccc(OCc2ccccc2)cc1)Cc1nc2ccccc2s1. The van der Waals surface area contributed by atoms with Crippen molar-refractivity contribution in [3.05, 3.63) is 89.4 Å². The summed E-state index contributed by atoms with van der Waals surface area (Å²) in [6.07, 6.45) is 0. The van der Waals surface area contributed by atoms with Crippen molar-refractivity contribution in [2.24, 2.45) is 0 Å². The van der Waals surface area contributed by atoms with E-state index in [0.29, 0.717) is 13.2 Å². The Morgan fingerprint density at radius 1 is 1.00 bits per heavy atom. The van der Waals surface area contributed by atoms with E-state index in [1.807, 2.05) is 79.8 Å². The van der Waals surface area contributed by atoms with Crippen LogP contribution in [0.4, 0.5) is 5.69 Å². The third-order valence-electron chi connectivity index (χ3n) is 4.64. The zero-order valence-electron chi connectivity index (χ0n) is 16.8. The standard InChI is InChI=1S/C24H23N3O2S/c1-27(16-24-26-21-9-5-6-10-22(21)30-24)15-23(28)25-19-11-13-20(14-12-19)29-17-18-7-3-2-4-8-18/h2-14H,15-17H2,1H3,(H,25,28)/p+1. The lowest BCUT2D eigenvalue weighted by Gasteiger charge is -2.13. The number of fused-ring (bicyclic) bond motifs is 1. The van der Waals surface area contributed by atoms with Crippen LogP contribution < -0.4 is 15.0 Å². The second-order valence-electron chi connectivity index (χ2n) is 7.23. The van der Waals surface area contributed by atoms with Gasteiger partial charge in [0.15, 0.2) is 6.54 Å². The summed E-state index contributed by atoms with van der Waals surface area (Å²) in [5.74, 6) is 0.752. The van der Waals surface area contributed by atoms with Gasteiger partial charge < -0.3 is 15.0 Å². The molecule has 2 N–H and O–H groups in total. The first-order chi connectivity index (χ1) is 14.7. The van der Waals surface area contributed by atoms with Crippen LogP contribution in [0.1, 0.15) is 10.6 Å². The first-order valence-electron chi connectivity index (χ1n) is 9.88. The number of aromatic nitrogens is 1. The molecule has 0 radical (unpaired) electrons. The van der Waals surface area contributed by atoms with Gasteiger partial charge in [0.2, 0.25) is 0 Å². The molecule has 3 aromatic carbocycles. The Hall–Kier alpha value is -3.22. The van der Waals surface area contributed by atoms with Crippen molar-refractivity contribution in [3.8, 4) is 5.75 Å². The second kappa shape index (κ2) is 9.52. The van der Waals surface area contributed by atoms with E-state index in [0.717, 1.165) is 39.0 Å². The third kappa shape index (κ3) is 5.43. The molecule has 1 amide bonds. The number of hydrogen-bond acceptors (Lipinski definition) is 4. The molecular formula is C24H24N3O2S+. The van der Waals surface area contributed by atoms with Gasteiger partial charge in [0.1, 0.15) is 23.9 Å². The van der Waals surface area contributed by atoms with Gasteiger partial charge in [0.05, 0.1) is 17.3 Å². The fraction of sp³-hybridized carbons (Fsp3) is 0.167. The Balaban J connectivity index is 1.25. The Morgan fingerprint density at radius 2 is 1.73 bits per heavy atom. The highest BCUT2D eigenvalue weighted by Gasteiger charge is 2.13. The van der Waals surface area contributed by atoms with Crippen LogP contribution in [-0.4, -0.2) is 24.5 Å². The minimum atomic E-state index is -0.0217. The molecule has 0 aliphatic heterocycles. The minimum Gasteiger partial charge on any atom is -0.489 e. The number of anilines is 1. The molecule has 0 aliphatic rings. The van der Waals surface area contributed by atoms with Gasteiger partial charge >= 0.3 is 0 Å². The zero-order valence-corrected chi connectivity index (χ0v) is 17.6. The van der Waals surface area contributed by atoms with E-state index in [1.165, 1.54) is 4.70 Å². The Morgan fingerprint density at radius 3 is 2.50 bits per heavy atom. The number of nitrogens with one attached hydrogen (secondary N) is 2. The molecule has 0 saturated carbocycles. The number of quaternary nitrogens is 1. The summed E-state index contributed by atoms with van der Waals surface area (Å²) in [5, 5.41) is 4.00. The number of benzene rings is 3. The van der Waals surface area contributed by atoms with Gasteiger partial charge in [0, 0.05) is 5.69 Å². The highest BCUT2D eigenvalue weighted by Crippen LogP contribution is 2.20. The molecule has 1 atom stereocenters. The van der Waals surface area contributed by atoms with E-state index in [2.05, 4.69) is 16.4 Å². The van der Waals surface area contributed by atoms with Crippen LogP contribution in [0, 0.1) is 0 Å². The number of para-hydroxylation sites is 1. The van der Waals surface area contributed by atoms with Gasteiger partial charge in [-0.15, -0.1) is 11.3 Å². The van der Waals surface area contributed by atoms with Crippen molar-refractivity contribution in [2.45, 2.75) is 13.2 Å². The van der Waals surface area contributed by atoms with Crippen molar-refractivity contribution in [3.63, 3.8) is 0 Å². The Labute approximate surface area is 179 Å². The van der Waals surface area contributed by atoms with Gasteiger partial charge in [-0.05, 0) is 42.0 Å². The molecular weight excluding hydrogens is 394 g/mol. The summed E-state index contributed by atoms with van der Waals surface area (Å²) < 4.78 is 6.97. The zero-order chi connectivity index (χ0) is 20.8. The van der Waals surface area contributed by atoms with Crippen LogP contribution in [0.25, 0.3) is 10.2 Å². The molecule has 152 valence electrons. The summed E-state index contributed by atoms with van der Waals surface area (Å²) in [5.41, 5.74) is 2.90. The molecule has 0 bridgehead atoms. The summed E-state index contributed by atoms with van der Waals surface area (Å²) in [6, 6.07) is 25.6. The van der Waals surface area contributed by atoms with Crippen LogP contribution in [0.2, 0.25) is 0 Å². The smallest absolute Gasteiger partial charge is 0.279 e. The number of nitrogens with zero attached hydrogens (tertiary/aromatic N) is 1. The molecule has 5 nitrogen and oxygen atoms in total. The fourth-order valence-electron chi connectivity index (χ4n) is 3.17. The van der Waals surface area contributed by atoms with E-state index < -0.39 is 0 Å². The van der Waals surface area contributed by atoms with Gasteiger partial charge in [-0.25, -0.2) is 4.98 Å². The largest absolute Gasteiger partial charge is 0.489 e. The number of carbonyl (C=O) groups excluding carboxylic acids is 1. The molecule has 6 heteroatoms. The average molecular weight is 419 g/mol. The van der Waals surface area contributed by atoms with Crippen LogP contribution >= 0.6 is 11.3 Å². The first-order valence-corrected chi connectivity index (χ1v) is 10.7. The number of rotatable bonds is 8. The lowest BCUT2D eigenvalue weighted by atomic mass is 10.2. The van der Waals surface area contributed by atoms with E-state index >= 15 is 0 Å². The topological polar surface area (TPSA) is 55.7 Å². The van der Waals surface area contributed by atoms with Crippen LogP contribution in [-0.2, 0) is 17.9 Å². The fourth-order valence-corrected chi connectivity index (χ4v) is 4.25. The molecule has 1 heterocycles. The monoisotopic (exact) mass is 418 g/mol. The van der Waals surface area contributed by atoms with E-state index in [1.54, 1.807) is 11.3 Å². The average Bonchev–Trinajstić information content (AvgIpc) is 3.16. The minimum absolute atomic E-state index is 0.0217. The van der Waals surface area contributed by atoms with Crippen molar-refractivity contribution in [1.29, 1.82) is 0 Å². The van der Waals surface area contributed by atoms with E-state index in [-0.39, 0.29) is 5.91 Å². The molecule has 1 aromatic heterocycles. The quantitative estimate of drug-likeness (QED) is 0.460. The number of amides is 1. The maximum atomic E-state index is 12.4. The molecule has 0 fully saturated rings. The van der Waals surface area contributed by atoms with Gasteiger partial charge in [-0.1, -0.05) is 42.5 Å². The molecule has 4 aromatic rings. The lowest BCUT2D eigenvalue weighted by Crippen LogP contribution is -3.08. The van der Waals surface area contributed by atoms with Crippen molar-refractivity contribution in [1.82, 2.24) is 4.98 Å². The first kappa shape index (κ1) is 20.1. The number of carbonyl (C=O) groups is 1. The predicted octanol–water partition coefficient (Wildman–Crippen LogP) is 3.53. The summed E-state index contributed by atoms with van der Waals surface area (Å²) >= 11 is 1.68. The predicted molar refractivity (Wildman–Crippen MR) is 121 cm³/mol. The van der Waals surface area contributed by atoms with Gasteiger partial charge in [0.25, 0.3) is 5.91 Å². The van der Waals surface area contributed by atoms with Gasteiger partial charge in [-0.2, -0.15) is 0 Å². The second-order valence-corrected chi connectivity index (χ2v) is 8.35. The molecule has 0 spiro atoms. The molecule has 0 saturated heterocycles. The van der Waals surface area contributed by atoms with Crippen LogP contribution in [0.15, 0.2) is 78.9 Å². The number of ether oxygens (including phenoxy) is 1. The Kier molecular flexibility index (Phi) is 6.37. The van der Waals surface area contributed by atoms with E-state index in [9.17, 15) is 4.79 Å².